The number of aliphatic hydroxyl groups is 1. The molecule has 0 saturated heterocycles. The first-order chi connectivity index (χ1) is 17.1. The van der Waals surface area contributed by atoms with Gasteiger partial charge in [-0.25, -0.2) is 9.97 Å². The number of alkyl halides is 3. The maximum atomic E-state index is 13.2. The number of amides is 1. The highest BCUT2D eigenvalue weighted by molar-refractivity contribution is 6.30. The quantitative estimate of drug-likeness (QED) is 0.328. The van der Waals surface area contributed by atoms with Gasteiger partial charge < -0.3 is 25.3 Å². The molecule has 1 amide bonds. The molecule has 0 bridgehead atoms. The topological polar surface area (TPSA) is 124 Å². The number of nitrogens with zero attached hydrogens (tertiary/aromatic N) is 2. The number of nitrogens with two attached hydrogens (primary N) is 1. The molecule has 4 N–H and O–H groups in total. The summed E-state index contributed by atoms with van der Waals surface area (Å²) in [6, 6.07) is 10.8. The third-order valence-corrected chi connectivity index (χ3v) is 5.58. The van der Waals surface area contributed by atoms with Gasteiger partial charge in [-0.05, 0) is 42.0 Å². The Bertz CT molecular complexity index is 1410. The highest BCUT2D eigenvalue weighted by atomic mass is 35.5. The van der Waals surface area contributed by atoms with Gasteiger partial charge in [0.2, 0.25) is 5.89 Å². The number of methoxy groups -OCH3 is 1. The summed E-state index contributed by atoms with van der Waals surface area (Å²) in [5.41, 5.74) is 5.65. The molecule has 2 heterocycles. The van der Waals surface area contributed by atoms with Crippen LogP contribution in [0.4, 0.5) is 13.2 Å². The van der Waals surface area contributed by atoms with Crippen molar-refractivity contribution in [2.45, 2.75) is 18.8 Å². The second kappa shape index (κ2) is 10.1. The van der Waals surface area contributed by atoms with Crippen LogP contribution in [0.1, 0.15) is 33.5 Å². The summed E-state index contributed by atoms with van der Waals surface area (Å²) < 4.78 is 50.7. The lowest BCUT2D eigenvalue weighted by Crippen LogP contribution is -2.26. The number of hydrogen-bond donors (Lipinski definition) is 3. The van der Waals surface area contributed by atoms with Crippen LogP contribution in [-0.4, -0.2) is 34.7 Å². The number of carbonyl (C=O) groups excluding carboxylic acids is 1. The van der Waals surface area contributed by atoms with Crippen LogP contribution in [0.5, 0.6) is 5.75 Å². The number of hydrogen-bond acceptors (Lipinski definition) is 7. The number of carbonyl (C=O) groups is 1. The maximum Gasteiger partial charge on any atom is 0.433 e. The van der Waals surface area contributed by atoms with Crippen LogP contribution in [0.15, 0.2) is 52.9 Å². The van der Waals surface area contributed by atoms with E-state index >= 15 is 0 Å². The van der Waals surface area contributed by atoms with Crippen molar-refractivity contribution in [2.24, 2.45) is 5.73 Å². The van der Waals surface area contributed by atoms with E-state index in [2.05, 4.69) is 15.3 Å². The van der Waals surface area contributed by atoms with Gasteiger partial charge in [0.05, 0.1) is 19.8 Å². The molecule has 0 radical (unpaired) electrons. The summed E-state index contributed by atoms with van der Waals surface area (Å²) in [5.74, 6) is -0.668. The van der Waals surface area contributed by atoms with Crippen LogP contribution in [-0.2, 0) is 12.7 Å². The highest BCUT2D eigenvalue weighted by Gasteiger charge is 2.33. The average molecular weight is 521 g/mol. The van der Waals surface area contributed by atoms with Gasteiger partial charge in [-0.2, -0.15) is 13.2 Å². The fraction of sp³-hybridized carbons (Fsp3) is 0.208. The van der Waals surface area contributed by atoms with Gasteiger partial charge in [-0.1, -0.05) is 23.7 Å². The number of aliphatic hydroxyl groups excluding tert-OH is 1. The van der Waals surface area contributed by atoms with Gasteiger partial charge >= 0.3 is 6.18 Å². The minimum atomic E-state index is -4.66. The molecule has 0 saturated carbocycles. The van der Waals surface area contributed by atoms with Crippen LogP contribution in [0.2, 0.25) is 5.02 Å². The zero-order valence-electron chi connectivity index (χ0n) is 18.8. The van der Waals surface area contributed by atoms with E-state index in [1.165, 1.54) is 25.3 Å². The second-order valence-corrected chi connectivity index (χ2v) is 8.17. The number of oxazole rings is 1. The summed E-state index contributed by atoms with van der Waals surface area (Å²) in [5, 5.41) is 13.1. The molecule has 8 nitrogen and oxygen atoms in total. The minimum Gasteiger partial charge on any atom is -0.494 e. The van der Waals surface area contributed by atoms with Gasteiger partial charge in [0.15, 0.2) is 11.5 Å². The predicted octanol–water partition coefficient (Wildman–Crippen LogP) is 4.49. The average Bonchev–Trinajstić information content (AvgIpc) is 3.31. The molecule has 12 heteroatoms. The van der Waals surface area contributed by atoms with Crippen LogP contribution >= 0.6 is 11.6 Å². The fourth-order valence-corrected chi connectivity index (χ4v) is 3.64. The number of halogens is 4. The Morgan fingerprint density at radius 1 is 1.17 bits per heavy atom. The maximum absolute atomic E-state index is 13.2. The summed E-state index contributed by atoms with van der Waals surface area (Å²) in [4.78, 5) is 20.9. The van der Waals surface area contributed by atoms with Gasteiger partial charge in [0.1, 0.15) is 17.0 Å². The third kappa shape index (κ3) is 5.13. The standard InChI is InChI=1S/C24H20ClF3N4O4/c1-35-17-8-6-15(14-7-9-18(24(26,27)28)31-19(14)17)23-32-20(21(36-23)16(29)11-33)22(34)30-10-12-2-4-13(25)5-3-12/h2-9,16,33H,10-11,29H2,1H3,(H,30,34)/t16-/m0/s1. The number of ether oxygens (including phenoxy) is 1. The fourth-order valence-electron chi connectivity index (χ4n) is 3.51. The van der Waals surface area contributed by atoms with E-state index in [1.54, 1.807) is 24.3 Å². The Balaban J connectivity index is 1.75. The van der Waals surface area contributed by atoms with E-state index in [-0.39, 0.29) is 46.1 Å². The Hall–Kier alpha value is -3.67. The number of nitrogens with one attached hydrogen (secondary N) is 1. The Kier molecular flexibility index (Phi) is 7.16. The Morgan fingerprint density at radius 2 is 1.89 bits per heavy atom. The first-order valence-corrected chi connectivity index (χ1v) is 10.9. The highest BCUT2D eigenvalue weighted by Crippen LogP contribution is 2.37. The lowest BCUT2D eigenvalue weighted by atomic mass is 10.1. The Morgan fingerprint density at radius 3 is 2.53 bits per heavy atom. The van der Waals surface area contributed by atoms with Crippen molar-refractivity contribution in [1.82, 2.24) is 15.3 Å². The molecule has 0 aliphatic carbocycles. The van der Waals surface area contributed by atoms with Crippen LogP contribution in [0, 0.1) is 0 Å². The van der Waals surface area contributed by atoms with E-state index in [9.17, 15) is 23.1 Å². The molecular formula is C24H20ClF3N4O4. The summed E-state index contributed by atoms with van der Waals surface area (Å²) >= 11 is 5.88. The molecule has 2 aromatic heterocycles. The van der Waals surface area contributed by atoms with E-state index in [4.69, 9.17) is 26.5 Å². The number of aromatic nitrogens is 2. The van der Waals surface area contributed by atoms with Gasteiger partial charge in [-0.15, -0.1) is 0 Å². The zero-order chi connectivity index (χ0) is 26.0. The van der Waals surface area contributed by atoms with Crippen LogP contribution in [0.3, 0.4) is 0 Å². The zero-order valence-corrected chi connectivity index (χ0v) is 19.5. The molecule has 0 unspecified atom stereocenters. The van der Waals surface area contributed by atoms with Crippen molar-refractivity contribution in [3.05, 3.63) is 76.3 Å². The summed E-state index contributed by atoms with van der Waals surface area (Å²) in [6.45, 7) is -0.381. The predicted molar refractivity (Wildman–Crippen MR) is 125 cm³/mol. The normalized spacial score (nSPS) is 12.5. The monoisotopic (exact) mass is 520 g/mol. The largest absolute Gasteiger partial charge is 0.494 e. The molecule has 0 aliphatic heterocycles. The van der Waals surface area contributed by atoms with Crippen molar-refractivity contribution in [1.29, 1.82) is 0 Å². The van der Waals surface area contributed by atoms with E-state index in [0.717, 1.165) is 11.6 Å². The lowest BCUT2D eigenvalue weighted by Gasteiger charge is -2.11. The first-order valence-electron chi connectivity index (χ1n) is 10.6. The van der Waals surface area contributed by atoms with E-state index in [1.807, 2.05) is 0 Å². The second-order valence-electron chi connectivity index (χ2n) is 7.74. The molecule has 0 fully saturated rings. The van der Waals surface area contributed by atoms with Crippen molar-refractivity contribution in [3.8, 4) is 17.2 Å². The van der Waals surface area contributed by atoms with Crippen molar-refractivity contribution in [2.75, 3.05) is 13.7 Å². The third-order valence-electron chi connectivity index (χ3n) is 5.33. The van der Waals surface area contributed by atoms with Gasteiger partial charge in [0.25, 0.3) is 5.91 Å². The van der Waals surface area contributed by atoms with Crippen LogP contribution in [0.25, 0.3) is 22.4 Å². The number of benzene rings is 2. The lowest BCUT2D eigenvalue weighted by molar-refractivity contribution is -0.140. The molecule has 1 atom stereocenters. The molecule has 188 valence electrons. The van der Waals surface area contributed by atoms with Crippen LogP contribution < -0.4 is 15.8 Å². The molecule has 0 spiro atoms. The van der Waals surface area contributed by atoms with E-state index < -0.39 is 30.4 Å². The van der Waals surface area contributed by atoms with Gasteiger partial charge in [0, 0.05) is 22.5 Å². The number of rotatable bonds is 7. The van der Waals surface area contributed by atoms with E-state index in [0.29, 0.717) is 5.02 Å². The number of fused-ring (bicyclic) bond motifs is 1. The molecular weight excluding hydrogens is 501 g/mol. The van der Waals surface area contributed by atoms with Crippen molar-refractivity contribution < 1.29 is 32.2 Å². The van der Waals surface area contributed by atoms with Crippen molar-refractivity contribution >= 4 is 28.4 Å². The molecule has 36 heavy (non-hydrogen) atoms. The van der Waals surface area contributed by atoms with Gasteiger partial charge in [-0.3, -0.25) is 4.79 Å². The molecule has 4 aromatic rings. The first kappa shape index (κ1) is 25.4. The minimum absolute atomic E-state index is 0.0650. The molecule has 0 aliphatic rings. The van der Waals surface area contributed by atoms with Crippen molar-refractivity contribution in [3.63, 3.8) is 0 Å². The Labute approximate surface area is 207 Å². The smallest absolute Gasteiger partial charge is 0.433 e. The molecule has 2 aromatic carbocycles. The number of pyridine rings is 1. The summed E-state index contributed by atoms with van der Waals surface area (Å²) in [7, 11) is 1.31. The molecule has 4 rings (SSSR count). The summed E-state index contributed by atoms with van der Waals surface area (Å²) in [6.07, 6.45) is -4.66. The SMILES string of the molecule is COc1ccc(-c2nc(C(=O)NCc3ccc(Cl)cc3)c([C@@H](N)CO)o2)c2ccc(C(F)(F)F)nc12.